The minimum absolute atomic E-state index is 0.0981. The first-order chi connectivity index (χ1) is 8.63. The Morgan fingerprint density at radius 1 is 1.33 bits per heavy atom. The Labute approximate surface area is 105 Å². The van der Waals surface area contributed by atoms with Crippen molar-refractivity contribution in [1.29, 1.82) is 0 Å². The van der Waals surface area contributed by atoms with Gasteiger partial charge in [0, 0.05) is 12.1 Å². The Morgan fingerprint density at radius 2 is 2.06 bits per heavy atom. The van der Waals surface area contributed by atoms with Crippen molar-refractivity contribution in [2.24, 2.45) is 0 Å². The van der Waals surface area contributed by atoms with Crippen LogP contribution in [0.4, 0.5) is 0 Å². The molecule has 98 valence electrons. The van der Waals surface area contributed by atoms with Crippen LogP contribution in [-0.2, 0) is 0 Å². The van der Waals surface area contributed by atoms with Gasteiger partial charge in [0.1, 0.15) is 0 Å². The van der Waals surface area contributed by atoms with E-state index in [4.69, 9.17) is 0 Å². The molecule has 4 N–H and O–H groups in total. The number of hydrogen-bond donors (Lipinski definition) is 4. The Hall–Kier alpha value is -1.59. The molecule has 2 aromatic rings. The summed E-state index contributed by atoms with van der Waals surface area (Å²) in [6.07, 6.45) is 0.879. The second-order valence-corrected chi connectivity index (χ2v) is 4.56. The number of aliphatic hydroxyl groups is 1. The predicted octanol–water partition coefficient (Wildman–Crippen LogP) is 1.28. The van der Waals surface area contributed by atoms with Gasteiger partial charge in [0.15, 0.2) is 0 Å². The third-order valence-electron chi connectivity index (χ3n) is 3.24. The molecule has 1 aromatic heterocycles. The van der Waals surface area contributed by atoms with E-state index in [9.17, 15) is 9.90 Å². The Morgan fingerprint density at radius 3 is 2.72 bits per heavy atom. The highest BCUT2D eigenvalue weighted by Crippen LogP contribution is 2.17. The maximum Gasteiger partial charge on any atom is 0.323 e. The molecule has 0 bridgehead atoms. The number of aromatic amines is 2. The van der Waals surface area contributed by atoms with Gasteiger partial charge in [-0.25, -0.2) is 4.79 Å². The fourth-order valence-electron chi connectivity index (χ4n) is 2.07. The fourth-order valence-corrected chi connectivity index (χ4v) is 2.07. The molecular formula is C13H19N3O2. The van der Waals surface area contributed by atoms with E-state index in [-0.39, 0.29) is 24.4 Å². The molecule has 0 aliphatic carbocycles. The third-order valence-corrected chi connectivity index (χ3v) is 3.24. The molecule has 0 radical (unpaired) electrons. The minimum atomic E-state index is -0.190. The molecule has 0 aliphatic heterocycles. The summed E-state index contributed by atoms with van der Waals surface area (Å²) in [5, 5.41) is 12.5. The number of aromatic nitrogens is 2. The highest BCUT2D eigenvalue weighted by Gasteiger charge is 2.11. The number of hydrogen-bond acceptors (Lipinski definition) is 3. The highest BCUT2D eigenvalue weighted by atomic mass is 16.3. The summed E-state index contributed by atoms with van der Waals surface area (Å²) in [7, 11) is 0. The standard InChI is InChI=1S/C13H19N3O2/c1-3-10(7-17)14-8(2)9-4-5-11-12(6-9)16-13(18)15-11/h4-6,8,10,14,17H,3,7H2,1-2H3,(H2,15,16,18). The third kappa shape index (κ3) is 2.63. The van der Waals surface area contributed by atoms with E-state index in [2.05, 4.69) is 15.3 Å². The monoisotopic (exact) mass is 249 g/mol. The van der Waals surface area contributed by atoms with E-state index >= 15 is 0 Å². The van der Waals surface area contributed by atoms with Gasteiger partial charge < -0.3 is 20.4 Å². The van der Waals surface area contributed by atoms with E-state index in [1.165, 1.54) is 0 Å². The SMILES string of the molecule is CCC(CO)NC(C)c1ccc2[nH]c(=O)[nH]c2c1. The average Bonchev–Trinajstić information content (AvgIpc) is 2.74. The van der Waals surface area contributed by atoms with Gasteiger partial charge in [0.05, 0.1) is 17.6 Å². The number of imidazole rings is 1. The van der Waals surface area contributed by atoms with E-state index in [0.717, 1.165) is 23.0 Å². The lowest BCUT2D eigenvalue weighted by molar-refractivity contribution is 0.230. The van der Waals surface area contributed by atoms with Gasteiger partial charge in [-0.3, -0.25) is 0 Å². The smallest absolute Gasteiger partial charge is 0.323 e. The molecule has 2 atom stereocenters. The number of fused-ring (bicyclic) bond motifs is 1. The Kier molecular flexibility index (Phi) is 3.84. The Balaban J connectivity index is 2.21. The Bertz CT molecular complexity index is 569. The maximum atomic E-state index is 11.2. The lowest BCUT2D eigenvalue weighted by Crippen LogP contribution is -2.33. The van der Waals surface area contributed by atoms with E-state index in [0.29, 0.717) is 0 Å². The zero-order valence-corrected chi connectivity index (χ0v) is 10.7. The van der Waals surface area contributed by atoms with Crippen molar-refractivity contribution < 1.29 is 5.11 Å². The van der Waals surface area contributed by atoms with Crippen LogP contribution in [0.25, 0.3) is 11.0 Å². The summed E-state index contributed by atoms with van der Waals surface area (Å²) in [4.78, 5) is 16.6. The second kappa shape index (κ2) is 5.37. The van der Waals surface area contributed by atoms with E-state index in [1.54, 1.807) is 0 Å². The normalized spacial score (nSPS) is 14.8. The molecule has 0 saturated carbocycles. The average molecular weight is 249 g/mol. The van der Waals surface area contributed by atoms with Crippen LogP contribution in [-0.4, -0.2) is 27.7 Å². The minimum Gasteiger partial charge on any atom is -0.395 e. The van der Waals surface area contributed by atoms with Crippen molar-refractivity contribution in [3.05, 3.63) is 34.2 Å². The van der Waals surface area contributed by atoms with E-state index in [1.807, 2.05) is 32.0 Å². The molecule has 1 heterocycles. The first-order valence-electron chi connectivity index (χ1n) is 6.23. The molecule has 5 heteroatoms. The number of benzene rings is 1. The van der Waals surface area contributed by atoms with Crippen LogP contribution in [0.15, 0.2) is 23.0 Å². The van der Waals surface area contributed by atoms with Crippen molar-refractivity contribution in [2.75, 3.05) is 6.61 Å². The highest BCUT2D eigenvalue weighted by molar-refractivity contribution is 5.75. The van der Waals surface area contributed by atoms with Crippen LogP contribution in [0.1, 0.15) is 31.9 Å². The zero-order valence-electron chi connectivity index (χ0n) is 10.7. The first-order valence-corrected chi connectivity index (χ1v) is 6.23. The second-order valence-electron chi connectivity index (χ2n) is 4.56. The molecule has 1 aromatic carbocycles. The van der Waals surface area contributed by atoms with Crippen LogP contribution >= 0.6 is 0 Å². The van der Waals surface area contributed by atoms with Crippen LogP contribution in [0.5, 0.6) is 0 Å². The number of rotatable bonds is 5. The summed E-state index contributed by atoms with van der Waals surface area (Å²) >= 11 is 0. The molecule has 2 unspecified atom stereocenters. The number of nitrogens with one attached hydrogen (secondary N) is 3. The van der Waals surface area contributed by atoms with E-state index < -0.39 is 0 Å². The molecule has 0 aliphatic rings. The van der Waals surface area contributed by atoms with Crippen LogP contribution < -0.4 is 11.0 Å². The summed E-state index contributed by atoms with van der Waals surface area (Å²) in [5.74, 6) is 0. The molecular weight excluding hydrogens is 230 g/mol. The molecule has 5 nitrogen and oxygen atoms in total. The van der Waals surface area contributed by atoms with Crippen molar-refractivity contribution >= 4 is 11.0 Å². The molecule has 2 rings (SSSR count). The largest absolute Gasteiger partial charge is 0.395 e. The van der Waals surface area contributed by atoms with Crippen molar-refractivity contribution in [2.45, 2.75) is 32.4 Å². The molecule has 0 spiro atoms. The maximum absolute atomic E-state index is 11.2. The quantitative estimate of drug-likeness (QED) is 0.644. The van der Waals surface area contributed by atoms with Gasteiger partial charge in [0.25, 0.3) is 0 Å². The fraction of sp³-hybridized carbons (Fsp3) is 0.462. The topological polar surface area (TPSA) is 80.9 Å². The van der Waals surface area contributed by atoms with Gasteiger partial charge in [-0.05, 0) is 31.0 Å². The summed E-state index contributed by atoms with van der Waals surface area (Å²) in [5.41, 5.74) is 2.52. The van der Waals surface area contributed by atoms with Crippen LogP contribution in [0.3, 0.4) is 0 Å². The molecule has 18 heavy (non-hydrogen) atoms. The van der Waals surface area contributed by atoms with Gasteiger partial charge in [-0.2, -0.15) is 0 Å². The summed E-state index contributed by atoms with van der Waals surface area (Å²) in [6.45, 7) is 4.21. The van der Waals surface area contributed by atoms with Crippen LogP contribution in [0.2, 0.25) is 0 Å². The molecule has 0 amide bonds. The van der Waals surface area contributed by atoms with Gasteiger partial charge in [-0.1, -0.05) is 13.0 Å². The number of aliphatic hydroxyl groups excluding tert-OH is 1. The molecule has 0 saturated heterocycles. The lowest BCUT2D eigenvalue weighted by atomic mass is 10.1. The number of H-pyrrole nitrogens is 2. The van der Waals surface area contributed by atoms with Crippen molar-refractivity contribution in [3.63, 3.8) is 0 Å². The lowest BCUT2D eigenvalue weighted by Gasteiger charge is -2.20. The summed E-state index contributed by atoms with van der Waals surface area (Å²) in [6, 6.07) is 6.05. The molecule has 0 fully saturated rings. The van der Waals surface area contributed by atoms with Gasteiger partial charge in [-0.15, -0.1) is 0 Å². The van der Waals surface area contributed by atoms with Crippen molar-refractivity contribution in [1.82, 2.24) is 15.3 Å². The summed E-state index contributed by atoms with van der Waals surface area (Å²) < 4.78 is 0. The predicted molar refractivity (Wildman–Crippen MR) is 71.6 cm³/mol. The van der Waals surface area contributed by atoms with Gasteiger partial charge >= 0.3 is 5.69 Å². The first kappa shape index (κ1) is 12.9. The van der Waals surface area contributed by atoms with Gasteiger partial charge in [0.2, 0.25) is 0 Å². The zero-order chi connectivity index (χ0) is 13.1. The van der Waals surface area contributed by atoms with Crippen molar-refractivity contribution in [3.8, 4) is 0 Å². The van der Waals surface area contributed by atoms with Crippen LogP contribution in [0, 0.1) is 0 Å².